The van der Waals surface area contributed by atoms with Gasteiger partial charge in [0, 0.05) is 46.6 Å². The van der Waals surface area contributed by atoms with E-state index in [1.54, 1.807) is 22.8 Å². The number of aromatic nitrogens is 1. The van der Waals surface area contributed by atoms with Crippen molar-refractivity contribution in [1.29, 1.82) is 0 Å². The molecule has 3 nitrogen and oxygen atoms in total. The van der Waals surface area contributed by atoms with E-state index in [0.717, 1.165) is 43.6 Å². The summed E-state index contributed by atoms with van der Waals surface area (Å²) in [5.74, 6) is 0. The van der Waals surface area contributed by atoms with Crippen LogP contribution in [-0.2, 0) is 0 Å². The van der Waals surface area contributed by atoms with Crippen LogP contribution < -0.4 is 11.0 Å². The van der Waals surface area contributed by atoms with Crippen LogP contribution in [0.15, 0.2) is 65.0 Å². The summed E-state index contributed by atoms with van der Waals surface area (Å²) in [6.07, 6.45) is 2.93. The number of likely N-dealkylation sites (N-methyl/N-ethyl adjacent to an activating group) is 1. The second kappa shape index (κ2) is 7.21. The first kappa shape index (κ1) is 18.7. The zero-order valence-electron chi connectivity index (χ0n) is 16.1. The van der Waals surface area contributed by atoms with E-state index in [1.165, 1.54) is 22.1 Å². The minimum Gasteiger partial charge on any atom is -0.303 e. The molecular weight excluding hydrogens is 402 g/mol. The molecule has 0 aliphatic carbocycles. The summed E-state index contributed by atoms with van der Waals surface area (Å²) in [6, 6.07) is 15.2. The summed E-state index contributed by atoms with van der Waals surface area (Å²) >= 11 is 12.3. The van der Waals surface area contributed by atoms with E-state index in [0.29, 0.717) is 10.0 Å². The van der Waals surface area contributed by atoms with Gasteiger partial charge in [-0.15, -0.1) is 0 Å². The maximum Gasteiger partial charge on any atom is 0.255 e. The van der Waals surface area contributed by atoms with Crippen LogP contribution in [0.1, 0.15) is 12.0 Å². The summed E-state index contributed by atoms with van der Waals surface area (Å²) in [4.78, 5) is 15.2. The van der Waals surface area contributed by atoms with E-state index >= 15 is 0 Å². The predicted octanol–water partition coefficient (Wildman–Crippen LogP) is 3.93. The maximum absolute atomic E-state index is 12.9. The van der Waals surface area contributed by atoms with Gasteiger partial charge in [0.1, 0.15) is 0 Å². The SMILES string of the molecule is CN1CCC2=C(Bc3cc(-n4ccc(-c5ccc(Cl)cc5Cl)cc4=O)ccc32)C1. The van der Waals surface area contributed by atoms with E-state index in [2.05, 4.69) is 24.1 Å². The molecule has 0 bridgehead atoms. The molecule has 0 amide bonds. The summed E-state index contributed by atoms with van der Waals surface area (Å²) in [7, 11) is 3.16. The molecule has 0 saturated heterocycles. The minimum absolute atomic E-state index is 0.0797. The van der Waals surface area contributed by atoms with Gasteiger partial charge < -0.3 is 4.90 Å². The molecule has 0 atom stereocenters. The standard InChI is InChI=1S/C23H19BCl2N2O/c1-27-8-7-19-18-5-3-16(12-20(18)24-21(19)13-27)28-9-6-14(10-23(28)29)17-4-2-15(25)11-22(17)26/h2-6,9-12,24H,7-8,13H2,1H3. The lowest BCUT2D eigenvalue weighted by Gasteiger charge is -2.24. The molecule has 2 aliphatic heterocycles. The summed E-state index contributed by atoms with van der Waals surface area (Å²) in [5.41, 5.74) is 8.11. The summed E-state index contributed by atoms with van der Waals surface area (Å²) < 4.78 is 1.69. The largest absolute Gasteiger partial charge is 0.303 e. The van der Waals surface area contributed by atoms with Crippen LogP contribution >= 0.6 is 23.2 Å². The Bertz CT molecular complexity index is 1230. The fourth-order valence-electron chi connectivity index (χ4n) is 4.45. The second-order valence-corrected chi connectivity index (χ2v) is 8.68. The van der Waals surface area contributed by atoms with Crippen molar-refractivity contribution in [2.75, 3.05) is 20.1 Å². The number of pyridine rings is 1. The van der Waals surface area contributed by atoms with Gasteiger partial charge in [0.2, 0.25) is 0 Å². The van der Waals surface area contributed by atoms with Gasteiger partial charge in [-0.2, -0.15) is 0 Å². The molecule has 0 radical (unpaired) electrons. The highest BCUT2D eigenvalue weighted by Gasteiger charge is 2.26. The Hall–Kier alpha value is -2.27. The van der Waals surface area contributed by atoms with Crippen LogP contribution in [-0.4, -0.2) is 36.9 Å². The van der Waals surface area contributed by atoms with Gasteiger partial charge in [0.05, 0.1) is 0 Å². The van der Waals surface area contributed by atoms with Crippen molar-refractivity contribution in [3.05, 3.63) is 86.2 Å². The van der Waals surface area contributed by atoms with Crippen molar-refractivity contribution in [1.82, 2.24) is 9.47 Å². The fourth-order valence-corrected chi connectivity index (χ4v) is 4.97. The molecule has 2 aliphatic rings. The van der Waals surface area contributed by atoms with Crippen molar-refractivity contribution in [3.63, 3.8) is 0 Å². The lowest BCUT2D eigenvalue weighted by molar-refractivity contribution is 0.366. The highest BCUT2D eigenvalue weighted by atomic mass is 35.5. The highest BCUT2D eigenvalue weighted by molar-refractivity contribution is 6.66. The number of hydrogen-bond donors (Lipinski definition) is 0. The minimum atomic E-state index is -0.0797. The Morgan fingerprint density at radius 3 is 2.62 bits per heavy atom. The Kier molecular flexibility index (Phi) is 4.66. The van der Waals surface area contributed by atoms with E-state index < -0.39 is 0 Å². The van der Waals surface area contributed by atoms with E-state index in [4.69, 9.17) is 23.2 Å². The molecule has 0 N–H and O–H groups in total. The first-order chi connectivity index (χ1) is 14.0. The van der Waals surface area contributed by atoms with Crippen LogP contribution in [0, 0.1) is 0 Å². The molecule has 5 rings (SSSR count). The number of nitrogens with zero attached hydrogens (tertiary/aromatic N) is 2. The Balaban J connectivity index is 1.49. The second-order valence-electron chi connectivity index (χ2n) is 7.84. The lowest BCUT2D eigenvalue weighted by atomic mass is 9.66. The van der Waals surface area contributed by atoms with Crippen molar-refractivity contribution >= 4 is 41.5 Å². The van der Waals surface area contributed by atoms with Crippen molar-refractivity contribution in [3.8, 4) is 16.8 Å². The zero-order valence-corrected chi connectivity index (χ0v) is 17.6. The van der Waals surface area contributed by atoms with Crippen molar-refractivity contribution in [2.24, 2.45) is 0 Å². The summed E-state index contributed by atoms with van der Waals surface area (Å²) in [6.45, 7) is 2.14. The molecule has 144 valence electrons. The van der Waals surface area contributed by atoms with Gasteiger partial charge in [-0.3, -0.25) is 9.36 Å². The Morgan fingerprint density at radius 2 is 1.83 bits per heavy atom. The number of halogens is 2. The number of hydrogen-bond acceptors (Lipinski definition) is 2. The monoisotopic (exact) mass is 420 g/mol. The average Bonchev–Trinajstić information content (AvgIpc) is 3.04. The van der Waals surface area contributed by atoms with Gasteiger partial charge in [-0.25, -0.2) is 0 Å². The normalized spacial score (nSPS) is 15.8. The van der Waals surface area contributed by atoms with Crippen molar-refractivity contribution in [2.45, 2.75) is 6.42 Å². The van der Waals surface area contributed by atoms with Gasteiger partial charge in [-0.1, -0.05) is 46.3 Å². The van der Waals surface area contributed by atoms with Gasteiger partial charge in [-0.05, 0) is 60.5 Å². The fraction of sp³-hybridized carbons (Fsp3) is 0.174. The van der Waals surface area contributed by atoms with Crippen LogP contribution in [0.3, 0.4) is 0 Å². The molecule has 0 saturated carbocycles. The van der Waals surface area contributed by atoms with Crippen LogP contribution in [0.2, 0.25) is 10.0 Å². The van der Waals surface area contributed by atoms with Gasteiger partial charge >= 0.3 is 0 Å². The smallest absolute Gasteiger partial charge is 0.255 e. The molecular formula is C23H19BCl2N2O. The summed E-state index contributed by atoms with van der Waals surface area (Å²) in [5, 5.41) is 1.11. The first-order valence-electron chi connectivity index (χ1n) is 9.71. The first-order valence-corrected chi connectivity index (χ1v) is 10.5. The maximum atomic E-state index is 12.9. The molecule has 0 unspecified atom stereocenters. The topological polar surface area (TPSA) is 25.2 Å². The van der Waals surface area contributed by atoms with E-state index in [9.17, 15) is 4.79 Å². The van der Waals surface area contributed by atoms with Crippen LogP contribution in [0.4, 0.5) is 0 Å². The molecule has 1 aromatic heterocycles. The molecule has 0 fully saturated rings. The van der Waals surface area contributed by atoms with Crippen LogP contribution in [0.5, 0.6) is 0 Å². The molecule has 3 heterocycles. The average molecular weight is 421 g/mol. The predicted molar refractivity (Wildman–Crippen MR) is 123 cm³/mol. The molecule has 29 heavy (non-hydrogen) atoms. The highest BCUT2D eigenvalue weighted by Crippen LogP contribution is 2.31. The van der Waals surface area contributed by atoms with Gasteiger partial charge in [0.25, 0.3) is 5.56 Å². The zero-order chi connectivity index (χ0) is 20.1. The molecule has 0 spiro atoms. The Morgan fingerprint density at radius 1 is 1.00 bits per heavy atom. The molecule has 2 aromatic carbocycles. The Labute approximate surface area is 180 Å². The quantitative estimate of drug-likeness (QED) is 0.586. The molecule has 6 heteroatoms. The third kappa shape index (κ3) is 3.36. The third-order valence-corrected chi connectivity index (χ3v) is 6.44. The molecule has 3 aromatic rings. The van der Waals surface area contributed by atoms with Crippen LogP contribution in [0.25, 0.3) is 22.4 Å². The number of fused-ring (bicyclic) bond motifs is 2. The lowest BCUT2D eigenvalue weighted by Crippen LogP contribution is -2.28. The van der Waals surface area contributed by atoms with Gasteiger partial charge in [0.15, 0.2) is 7.28 Å². The van der Waals surface area contributed by atoms with E-state index in [-0.39, 0.29) is 5.56 Å². The van der Waals surface area contributed by atoms with E-state index in [1.807, 2.05) is 24.4 Å². The third-order valence-electron chi connectivity index (χ3n) is 5.89. The number of rotatable bonds is 2. The van der Waals surface area contributed by atoms with Crippen molar-refractivity contribution < 1.29 is 0 Å². The number of benzene rings is 2.